The van der Waals surface area contributed by atoms with Gasteiger partial charge in [-0.15, -0.1) is 0 Å². The lowest BCUT2D eigenvalue weighted by Crippen LogP contribution is -2.39. The summed E-state index contributed by atoms with van der Waals surface area (Å²) in [6, 6.07) is 9.81. The molecule has 1 N–H and O–H groups in total. The monoisotopic (exact) mass is 292 g/mol. The molecular weight excluding hydrogens is 260 g/mol. The molecule has 0 heterocycles. The maximum Gasteiger partial charge on any atom is 0.0717 e. The number of nitrogens with one attached hydrogen (secondary N) is 1. The van der Waals surface area contributed by atoms with Gasteiger partial charge in [0.05, 0.1) is 13.2 Å². The molecule has 0 aliphatic heterocycles. The van der Waals surface area contributed by atoms with Crippen molar-refractivity contribution in [2.24, 2.45) is 0 Å². The second-order valence-electron chi connectivity index (χ2n) is 6.07. The maximum atomic E-state index is 5.81. The number of rotatable bonds is 10. The summed E-state index contributed by atoms with van der Waals surface area (Å²) in [6.45, 7) is 15.5. The molecule has 21 heavy (non-hydrogen) atoms. The van der Waals surface area contributed by atoms with Gasteiger partial charge in [-0.3, -0.25) is 4.90 Å². The van der Waals surface area contributed by atoms with E-state index in [0.717, 1.165) is 26.2 Å². The Hall–Kier alpha value is -0.900. The van der Waals surface area contributed by atoms with Gasteiger partial charge in [0.15, 0.2) is 0 Å². The molecule has 1 rings (SSSR count). The van der Waals surface area contributed by atoms with Crippen LogP contribution < -0.4 is 5.32 Å². The third-order valence-corrected chi connectivity index (χ3v) is 3.69. The van der Waals surface area contributed by atoms with E-state index in [1.165, 1.54) is 11.1 Å². The minimum atomic E-state index is 0.568. The minimum absolute atomic E-state index is 0.568. The first-order valence-corrected chi connectivity index (χ1v) is 8.16. The number of ether oxygens (including phenoxy) is 1. The van der Waals surface area contributed by atoms with Gasteiger partial charge in [-0.05, 0) is 45.4 Å². The quantitative estimate of drug-likeness (QED) is 0.669. The Labute approximate surface area is 130 Å². The van der Waals surface area contributed by atoms with Crippen molar-refractivity contribution < 1.29 is 4.74 Å². The van der Waals surface area contributed by atoms with Crippen LogP contribution in [0.2, 0.25) is 0 Å². The van der Waals surface area contributed by atoms with Crippen LogP contribution in [0.5, 0.6) is 0 Å². The summed E-state index contributed by atoms with van der Waals surface area (Å²) in [5, 5.41) is 3.33. The lowest BCUT2D eigenvalue weighted by molar-refractivity contribution is 0.0699. The van der Waals surface area contributed by atoms with Crippen molar-refractivity contribution in [2.75, 3.05) is 19.7 Å². The second-order valence-corrected chi connectivity index (χ2v) is 6.07. The highest BCUT2D eigenvalue weighted by atomic mass is 16.5. The molecular formula is C18H32N2O. The Balaban J connectivity index is 2.29. The predicted molar refractivity (Wildman–Crippen MR) is 90.5 cm³/mol. The van der Waals surface area contributed by atoms with Gasteiger partial charge in [-0.25, -0.2) is 0 Å². The van der Waals surface area contributed by atoms with Crippen LogP contribution in [0, 0.1) is 0 Å². The van der Waals surface area contributed by atoms with Crippen molar-refractivity contribution in [1.29, 1.82) is 0 Å². The second kappa shape index (κ2) is 9.93. The zero-order chi connectivity index (χ0) is 15.7. The Bertz CT molecular complexity index is 365. The molecule has 0 unspecified atom stereocenters. The molecule has 0 aromatic heterocycles. The van der Waals surface area contributed by atoms with Crippen LogP contribution in [0.3, 0.4) is 0 Å². The van der Waals surface area contributed by atoms with Crippen molar-refractivity contribution in [3.8, 4) is 0 Å². The van der Waals surface area contributed by atoms with Crippen molar-refractivity contribution in [2.45, 2.75) is 59.9 Å². The van der Waals surface area contributed by atoms with Crippen molar-refractivity contribution >= 4 is 0 Å². The zero-order valence-electron chi connectivity index (χ0n) is 14.4. The fourth-order valence-corrected chi connectivity index (χ4v) is 2.50. The van der Waals surface area contributed by atoms with Gasteiger partial charge in [0.2, 0.25) is 0 Å². The fourth-order valence-electron chi connectivity index (χ4n) is 2.50. The predicted octanol–water partition coefficient (Wildman–Crippen LogP) is 3.43. The lowest BCUT2D eigenvalue weighted by Gasteiger charge is -2.30. The van der Waals surface area contributed by atoms with Gasteiger partial charge in [-0.2, -0.15) is 0 Å². The van der Waals surface area contributed by atoms with Crippen LogP contribution in [0.4, 0.5) is 0 Å². The number of hydrogen-bond acceptors (Lipinski definition) is 3. The highest BCUT2D eigenvalue weighted by Crippen LogP contribution is 2.07. The molecule has 3 heteroatoms. The van der Waals surface area contributed by atoms with Gasteiger partial charge in [0, 0.05) is 25.2 Å². The first kappa shape index (κ1) is 18.1. The van der Waals surface area contributed by atoms with Gasteiger partial charge >= 0.3 is 0 Å². The zero-order valence-corrected chi connectivity index (χ0v) is 14.4. The van der Waals surface area contributed by atoms with Gasteiger partial charge in [-0.1, -0.05) is 31.2 Å². The average molecular weight is 292 g/mol. The van der Waals surface area contributed by atoms with E-state index in [1.54, 1.807) is 0 Å². The van der Waals surface area contributed by atoms with Crippen molar-refractivity contribution in [3.05, 3.63) is 35.4 Å². The Kier molecular flexibility index (Phi) is 8.58. The molecule has 0 atom stereocenters. The van der Waals surface area contributed by atoms with Crippen molar-refractivity contribution in [3.63, 3.8) is 0 Å². The van der Waals surface area contributed by atoms with Crippen LogP contribution in [-0.2, 0) is 17.9 Å². The Morgan fingerprint density at radius 1 is 1.00 bits per heavy atom. The van der Waals surface area contributed by atoms with Gasteiger partial charge in [0.1, 0.15) is 0 Å². The smallest absolute Gasteiger partial charge is 0.0717 e. The third-order valence-electron chi connectivity index (χ3n) is 3.69. The molecule has 0 bridgehead atoms. The topological polar surface area (TPSA) is 24.5 Å². The van der Waals surface area contributed by atoms with E-state index in [9.17, 15) is 0 Å². The molecule has 0 aliphatic rings. The summed E-state index contributed by atoms with van der Waals surface area (Å²) in [6.07, 6.45) is 0. The van der Waals surface area contributed by atoms with Crippen LogP contribution in [0.25, 0.3) is 0 Å². The van der Waals surface area contributed by atoms with E-state index >= 15 is 0 Å². The van der Waals surface area contributed by atoms with Crippen LogP contribution in [0.1, 0.15) is 45.7 Å². The van der Waals surface area contributed by atoms with Crippen LogP contribution in [-0.4, -0.2) is 36.7 Å². The maximum absolute atomic E-state index is 5.81. The standard InChI is InChI=1S/C18H32N2O/c1-6-19-13-17-7-9-18(10-8-17)14-21-12-11-20(15(2)3)16(4)5/h7-10,15-16,19H,6,11-14H2,1-5H3. The molecule has 0 saturated carbocycles. The average Bonchev–Trinajstić information content (AvgIpc) is 2.45. The highest BCUT2D eigenvalue weighted by molar-refractivity contribution is 5.21. The lowest BCUT2D eigenvalue weighted by atomic mass is 10.1. The molecule has 1 aromatic carbocycles. The van der Waals surface area contributed by atoms with E-state index in [4.69, 9.17) is 4.74 Å². The summed E-state index contributed by atoms with van der Waals surface area (Å²) in [5.41, 5.74) is 2.57. The Morgan fingerprint density at radius 2 is 1.57 bits per heavy atom. The number of benzene rings is 1. The summed E-state index contributed by atoms with van der Waals surface area (Å²) in [4.78, 5) is 2.46. The first-order valence-electron chi connectivity index (χ1n) is 8.16. The van der Waals surface area contributed by atoms with E-state index in [1.807, 2.05) is 0 Å². The third kappa shape index (κ3) is 7.07. The minimum Gasteiger partial charge on any atom is -0.375 e. The summed E-state index contributed by atoms with van der Waals surface area (Å²) >= 11 is 0. The highest BCUT2D eigenvalue weighted by Gasteiger charge is 2.12. The molecule has 0 radical (unpaired) electrons. The fraction of sp³-hybridized carbons (Fsp3) is 0.667. The van der Waals surface area contributed by atoms with Crippen LogP contribution >= 0.6 is 0 Å². The normalized spacial score (nSPS) is 11.8. The molecule has 0 aliphatic carbocycles. The van der Waals surface area contributed by atoms with Gasteiger partial charge < -0.3 is 10.1 Å². The molecule has 0 spiro atoms. The summed E-state index contributed by atoms with van der Waals surface area (Å²) in [5.74, 6) is 0. The molecule has 120 valence electrons. The molecule has 3 nitrogen and oxygen atoms in total. The first-order chi connectivity index (χ1) is 10.0. The summed E-state index contributed by atoms with van der Waals surface area (Å²) in [7, 11) is 0. The van der Waals surface area contributed by atoms with E-state index in [0.29, 0.717) is 18.7 Å². The Morgan fingerprint density at radius 3 is 2.10 bits per heavy atom. The summed E-state index contributed by atoms with van der Waals surface area (Å²) < 4.78 is 5.81. The molecule has 1 aromatic rings. The van der Waals surface area contributed by atoms with Crippen molar-refractivity contribution in [1.82, 2.24) is 10.2 Å². The molecule has 0 fully saturated rings. The van der Waals surface area contributed by atoms with E-state index in [-0.39, 0.29) is 0 Å². The van der Waals surface area contributed by atoms with Crippen LogP contribution in [0.15, 0.2) is 24.3 Å². The number of hydrogen-bond donors (Lipinski definition) is 1. The van der Waals surface area contributed by atoms with E-state index in [2.05, 4.69) is 69.1 Å². The molecule has 0 amide bonds. The number of nitrogens with zero attached hydrogens (tertiary/aromatic N) is 1. The largest absolute Gasteiger partial charge is 0.375 e. The SMILES string of the molecule is CCNCc1ccc(COCCN(C(C)C)C(C)C)cc1. The van der Waals surface area contributed by atoms with Gasteiger partial charge in [0.25, 0.3) is 0 Å². The van der Waals surface area contributed by atoms with E-state index < -0.39 is 0 Å². The molecule has 0 saturated heterocycles.